The summed E-state index contributed by atoms with van der Waals surface area (Å²) >= 11 is 0. The lowest BCUT2D eigenvalue weighted by molar-refractivity contribution is -0.164. The minimum atomic E-state index is -1.19. The van der Waals surface area contributed by atoms with Crippen molar-refractivity contribution in [3.63, 3.8) is 0 Å². The number of aliphatic carboxylic acids is 2. The van der Waals surface area contributed by atoms with Crippen LogP contribution in [-0.4, -0.2) is 22.2 Å². The molecule has 0 aliphatic heterocycles. The van der Waals surface area contributed by atoms with Gasteiger partial charge in [-0.05, 0) is 24.8 Å². The van der Waals surface area contributed by atoms with Crippen molar-refractivity contribution >= 4 is 11.9 Å². The summed E-state index contributed by atoms with van der Waals surface area (Å²) in [5.74, 6) is -2.88. The van der Waals surface area contributed by atoms with Gasteiger partial charge in [0.2, 0.25) is 0 Å². The van der Waals surface area contributed by atoms with Gasteiger partial charge < -0.3 is 10.2 Å². The monoisotopic (exact) mass is 348 g/mol. The van der Waals surface area contributed by atoms with E-state index in [4.69, 9.17) is 0 Å². The molecule has 0 bridgehead atoms. The number of rotatable bonds is 13. The number of hydrogen-bond acceptors (Lipinski definition) is 2. The summed E-state index contributed by atoms with van der Waals surface area (Å²) in [7, 11) is 0. The first-order valence-corrected chi connectivity index (χ1v) is 9.48. The molecule has 0 amide bonds. The van der Waals surface area contributed by atoms with Crippen LogP contribution in [0.25, 0.3) is 0 Å². The van der Waals surface area contributed by atoms with E-state index in [2.05, 4.69) is 6.92 Å². The van der Waals surface area contributed by atoms with Crippen molar-refractivity contribution in [1.29, 1.82) is 0 Å². The molecule has 0 saturated carbocycles. The smallest absolute Gasteiger partial charge is 0.310 e. The number of carboxylic acid groups (broad SMARTS) is 2. The third-order valence-electron chi connectivity index (χ3n) is 5.10. The fraction of sp³-hybridized carbons (Fsp3) is 0.619. The highest BCUT2D eigenvalue weighted by molar-refractivity contribution is 5.83. The Hall–Kier alpha value is -1.84. The first-order valence-electron chi connectivity index (χ1n) is 9.48. The molecule has 1 rings (SSSR count). The fourth-order valence-corrected chi connectivity index (χ4v) is 3.70. The Morgan fingerprint density at radius 1 is 0.920 bits per heavy atom. The molecule has 1 aromatic rings. The molecule has 0 fully saturated rings. The van der Waals surface area contributed by atoms with E-state index in [0.29, 0.717) is 19.3 Å². The molecule has 0 radical (unpaired) electrons. The maximum Gasteiger partial charge on any atom is 0.310 e. The molecular weight excluding hydrogens is 316 g/mol. The van der Waals surface area contributed by atoms with Crippen LogP contribution in [0.2, 0.25) is 0 Å². The quantitative estimate of drug-likeness (QED) is 0.483. The van der Waals surface area contributed by atoms with Gasteiger partial charge in [-0.1, -0.05) is 82.7 Å². The Kier molecular flexibility index (Phi) is 9.25. The van der Waals surface area contributed by atoms with Gasteiger partial charge in [-0.25, -0.2) is 0 Å². The molecule has 2 atom stereocenters. The van der Waals surface area contributed by atoms with Crippen molar-refractivity contribution in [1.82, 2.24) is 0 Å². The van der Waals surface area contributed by atoms with Crippen molar-refractivity contribution in [2.75, 3.05) is 0 Å². The average Bonchev–Trinajstić information content (AvgIpc) is 2.59. The molecular formula is C21H32O4. The van der Waals surface area contributed by atoms with Crippen LogP contribution in [0.5, 0.6) is 0 Å². The van der Waals surface area contributed by atoms with Crippen molar-refractivity contribution in [2.24, 2.45) is 11.3 Å². The Labute approximate surface area is 151 Å². The zero-order valence-electron chi connectivity index (χ0n) is 15.5. The summed E-state index contributed by atoms with van der Waals surface area (Å²) in [6.45, 7) is 4.06. The summed E-state index contributed by atoms with van der Waals surface area (Å²) in [4.78, 5) is 24.2. The van der Waals surface area contributed by atoms with Gasteiger partial charge in [0.25, 0.3) is 0 Å². The van der Waals surface area contributed by atoms with Crippen molar-refractivity contribution in [2.45, 2.75) is 71.6 Å². The van der Waals surface area contributed by atoms with Gasteiger partial charge in [-0.15, -0.1) is 0 Å². The summed E-state index contributed by atoms with van der Waals surface area (Å²) in [5, 5.41) is 19.8. The number of unbranched alkanes of at least 4 members (excludes halogenated alkanes) is 4. The number of benzene rings is 1. The molecule has 0 heterocycles. The van der Waals surface area contributed by atoms with Crippen LogP contribution in [-0.2, 0) is 16.0 Å². The van der Waals surface area contributed by atoms with Crippen molar-refractivity contribution in [3.05, 3.63) is 35.9 Å². The summed E-state index contributed by atoms with van der Waals surface area (Å²) in [6, 6.07) is 9.34. The van der Waals surface area contributed by atoms with Gasteiger partial charge in [-0.2, -0.15) is 0 Å². The van der Waals surface area contributed by atoms with E-state index < -0.39 is 23.3 Å². The van der Waals surface area contributed by atoms with E-state index in [1.165, 1.54) is 0 Å². The second-order valence-electron chi connectivity index (χ2n) is 6.96. The molecule has 140 valence electrons. The molecule has 0 saturated heterocycles. The lowest BCUT2D eigenvalue weighted by Crippen LogP contribution is -2.44. The van der Waals surface area contributed by atoms with Crippen molar-refractivity contribution in [3.8, 4) is 0 Å². The number of carboxylic acids is 2. The second kappa shape index (κ2) is 10.9. The largest absolute Gasteiger partial charge is 0.481 e. The van der Waals surface area contributed by atoms with Crippen LogP contribution < -0.4 is 0 Å². The molecule has 2 unspecified atom stereocenters. The molecule has 1 aromatic carbocycles. The molecule has 25 heavy (non-hydrogen) atoms. The number of hydrogen-bond donors (Lipinski definition) is 2. The van der Waals surface area contributed by atoms with Crippen LogP contribution in [0.1, 0.15) is 70.8 Å². The van der Waals surface area contributed by atoms with Gasteiger partial charge in [0, 0.05) is 0 Å². The summed E-state index contributed by atoms with van der Waals surface area (Å²) in [6.07, 6.45) is 6.84. The van der Waals surface area contributed by atoms with Crippen LogP contribution in [0, 0.1) is 11.3 Å². The molecule has 0 aliphatic rings. The third kappa shape index (κ3) is 6.18. The van der Waals surface area contributed by atoms with E-state index >= 15 is 0 Å². The second-order valence-corrected chi connectivity index (χ2v) is 6.96. The maximum absolute atomic E-state index is 12.2. The topological polar surface area (TPSA) is 74.6 Å². The minimum absolute atomic E-state index is 0.261. The van der Waals surface area contributed by atoms with Gasteiger partial charge in [0.1, 0.15) is 0 Å². The molecule has 0 aromatic heterocycles. The SMILES string of the molecule is CCCCCCCC(CCC)(C(=O)O)C(Cc1ccccc1)C(=O)O. The van der Waals surface area contributed by atoms with E-state index in [1.807, 2.05) is 37.3 Å². The molecule has 2 N–H and O–H groups in total. The van der Waals surface area contributed by atoms with Crippen LogP contribution in [0.15, 0.2) is 30.3 Å². The zero-order valence-corrected chi connectivity index (χ0v) is 15.5. The summed E-state index contributed by atoms with van der Waals surface area (Å²) in [5.41, 5.74) is -0.314. The van der Waals surface area contributed by atoms with E-state index in [9.17, 15) is 19.8 Å². The summed E-state index contributed by atoms with van der Waals surface area (Å²) < 4.78 is 0. The molecule has 0 aliphatic carbocycles. The maximum atomic E-state index is 12.2. The lowest BCUT2D eigenvalue weighted by Gasteiger charge is -2.35. The lowest BCUT2D eigenvalue weighted by atomic mass is 9.66. The van der Waals surface area contributed by atoms with E-state index in [0.717, 1.165) is 37.7 Å². The fourth-order valence-electron chi connectivity index (χ4n) is 3.70. The Morgan fingerprint density at radius 2 is 1.56 bits per heavy atom. The molecule has 0 spiro atoms. The number of carbonyl (C=O) groups is 2. The van der Waals surface area contributed by atoms with Gasteiger partial charge in [-0.3, -0.25) is 9.59 Å². The first kappa shape index (κ1) is 21.2. The Morgan fingerprint density at radius 3 is 2.08 bits per heavy atom. The van der Waals surface area contributed by atoms with Crippen LogP contribution in [0.4, 0.5) is 0 Å². The Balaban J connectivity index is 3.02. The highest BCUT2D eigenvalue weighted by Gasteiger charge is 2.48. The highest BCUT2D eigenvalue weighted by atomic mass is 16.4. The van der Waals surface area contributed by atoms with Gasteiger partial charge in [0.15, 0.2) is 0 Å². The minimum Gasteiger partial charge on any atom is -0.481 e. The average molecular weight is 348 g/mol. The molecule has 4 nitrogen and oxygen atoms in total. The van der Waals surface area contributed by atoms with Gasteiger partial charge in [0.05, 0.1) is 11.3 Å². The normalized spacial score (nSPS) is 14.6. The predicted molar refractivity (Wildman–Crippen MR) is 99.6 cm³/mol. The predicted octanol–water partition coefficient (Wildman–Crippen LogP) is 5.16. The van der Waals surface area contributed by atoms with Crippen LogP contribution in [0.3, 0.4) is 0 Å². The Bertz CT molecular complexity index is 526. The van der Waals surface area contributed by atoms with E-state index in [1.54, 1.807) is 0 Å². The molecule has 4 heteroatoms. The third-order valence-corrected chi connectivity index (χ3v) is 5.10. The van der Waals surface area contributed by atoms with E-state index in [-0.39, 0.29) is 6.42 Å². The van der Waals surface area contributed by atoms with Crippen molar-refractivity contribution < 1.29 is 19.8 Å². The zero-order chi connectivity index (χ0) is 18.7. The van der Waals surface area contributed by atoms with Gasteiger partial charge >= 0.3 is 11.9 Å². The highest BCUT2D eigenvalue weighted by Crippen LogP contribution is 2.41. The first-order chi connectivity index (χ1) is 12.0. The van der Waals surface area contributed by atoms with Crippen LogP contribution >= 0.6 is 0 Å². The standard InChI is InChI=1S/C21H32O4/c1-3-5-6-7-11-15-21(14-4-2,20(24)25)18(19(22)23)16-17-12-9-8-10-13-17/h8-10,12-13,18H,3-7,11,14-16H2,1-2H3,(H,22,23)(H,24,25).